The first-order valence-corrected chi connectivity index (χ1v) is 10.2. The molecule has 0 bridgehead atoms. The number of rotatable bonds is 4. The van der Waals surface area contributed by atoms with Gasteiger partial charge in [0.15, 0.2) is 5.58 Å². The Labute approximate surface area is 188 Å². The molecule has 1 amide bonds. The summed E-state index contributed by atoms with van der Waals surface area (Å²) in [6, 6.07) is 14.9. The zero-order valence-electron chi connectivity index (χ0n) is 18.5. The molecule has 5 nitrogen and oxygen atoms in total. The number of amides is 1. The van der Waals surface area contributed by atoms with Crippen LogP contribution in [0.4, 0.5) is 24.9 Å². The van der Waals surface area contributed by atoms with Gasteiger partial charge >= 0.3 is 6.18 Å². The molecule has 0 fully saturated rings. The molecule has 4 rings (SSSR count). The number of halogens is 3. The van der Waals surface area contributed by atoms with E-state index in [1.807, 2.05) is 13.0 Å². The Hall–Kier alpha value is -3.81. The number of carbonyl (C=O) groups is 1. The van der Waals surface area contributed by atoms with Gasteiger partial charge < -0.3 is 14.6 Å². The van der Waals surface area contributed by atoms with Crippen LogP contribution in [-0.2, 0) is 6.18 Å². The lowest BCUT2D eigenvalue weighted by atomic mass is 9.99. The fourth-order valence-electron chi connectivity index (χ4n) is 3.67. The van der Waals surface area contributed by atoms with Gasteiger partial charge in [-0.1, -0.05) is 24.3 Å². The largest absolute Gasteiger partial charge is 0.423 e. The summed E-state index contributed by atoms with van der Waals surface area (Å²) in [4.78, 5) is 18.2. The Morgan fingerprint density at radius 2 is 1.76 bits per heavy atom. The van der Waals surface area contributed by atoms with Gasteiger partial charge in [0.1, 0.15) is 5.52 Å². The molecule has 0 aliphatic heterocycles. The summed E-state index contributed by atoms with van der Waals surface area (Å²) in [6.07, 6.45) is -4.44. The number of aromatic nitrogens is 1. The number of carbonyl (C=O) groups excluding carboxylic acids is 1. The lowest BCUT2D eigenvalue weighted by Crippen LogP contribution is -2.22. The summed E-state index contributed by atoms with van der Waals surface area (Å²) in [5.74, 6) is -0.0955. The third-order valence-electron chi connectivity index (χ3n) is 5.38. The molecule has 3 aromatic carbocycles. The number of benzene rings is 3. The summed E-state index contributed by atoms with van der Waals surface area (Å²) in [6.45, 7) is 3.27. The Bertz CT molecular complexity index is 1360. The monoisotopic (exact) mass is 453 g/mol. The van der Waals surface area contributed by atoms with Gasteiger partial charge in [-0.2, -0.15) is 18.2 Å². The molecule has 0 saturated carbocycles. The van der Waals surface area contributed by atoms with Gasteiger partial charge in [-0.15, -0.1) is 0 Å². The van der Waals surface area contributed by atoms with Crippen LogP contribution in [0.1, 0.15) is 27.0 Å². The number of nitrogens with zero attached hydrogens (tertiary/aromatic N) is 2. The molecule has 1 aromatic heterocycles. The fraction of sp³-hybridized carbons (Fsp3) is 0.200. The van der Waals surface area contributed by atoms with Crippen molar-refractivity contribution in [3.8, 4) is 11.1 Å². The van der Waals surface area contributed by atoms with Gasteiger partial charge in [-0.25, -0.2) is 0 Å². The predicted octanol–water partition coefficient (Wildman–Crippen LogP) is 6.58. The molecule has 1 heterocycles. The lowest BCUT2D eigenvalue weighted by molar-refractivity contribution is -0.138. The van der Waals surface area contributed by atoms with E-state index in [0.717, 1.165) is 11.6 Å². The quantitative estimate of drug-likeness (QED) is 0.379. The van der Waals surface area contributed by atoms with Gasteiger partial charge in [0.05, 0.1) is 5.56 Å². The molecule has 0 radical (unpaired) electrons. The maximum Gasteiger partial charge on any atom is 0.416 e. The minimum Gasteiger partial charge on any atom is -0.423 e. The van der Waals surface area contributed by atoms with Gasteiger partial charge in [-0.3, -0.25) is 4.79 Å². The first-order valence-electron chi connectivity index (χ1n) is 10.2. The fourth-order valence-corrected chi connectivity index (χ4v) is 3.67. The maximum absolute atomic E-state index is 13.4. The van der Waals surface area contributed by atoms with Crippen molar-refractivity contribution in [1.29, 1.82) is 0 Å². The van der Waals surface area contributed by atoms with E-state index in [-0.39, 0.29) is 17.5 Å². The molecule has 0 spiro atoms. The zero-order chi connectivity index (χ0) is 23.9. The van der Waals surface area contributed by atoms with E-state index < -0.39 is 11.7 Å². The zero-order valence-corrected chi connectivity index (χ0v) is 18.5. The van der Waals surface area contributed by atoms with Crippen molar-refractivity contribution < 1.29 is 22.4 Å². The summed E-state index contributed by atoms with van der Waals surface area (Å²) >= 11 is 0. The van der Waals surface area contributed by atoms with Crippen LogP contribution in [0.15, 0.2) is 59.0 Å². The number of alkyl halides is 3. The molecule has 33 heavy (non-hydrogen) atoms. The molecule has 0 saturated heterocycles. The maximum atomic E-state index is 13.4. The van der Waals surface area contributed by atoms with Crippen LogP contribution in [0.3, 0.4) is 0 Å². The minimum atomic E-state index is -4.44. The van der Waals surface area contributed by atoms with E-state index in [2.05, 4.69) is 10.3 Å². The van der Waals surface area contributed by atoms with Gasteiger partial charge in [0.2, 0.25) is 0 Å². The average molecular weight is 453 g/mol. The van der Waals surface area contributed by atoms with Crippen molar-refractivity contribution in [3.05, 3.63) is 76.9 Å². The Morgan fingerprint density at radius 3 is 2.42 bits per heavy atom. The smallest absolute Gasteiger partial charge is 0.416 e. The SMILES string of the molecule is Cc1cc(Nc2nc3cccc(-c4ccc(C)c(C(F)(F)F)c4)c3o2)ccc1C(=O)N(C)C. The summed E-state index contributed by atoms with van der Waals surface area (Å²) in [7, 11) is 3.38. The number of anilines is 2. The van der Waals surface area contributed by atoms with Crippen molar-refractivity contribution in [3.63, 3.8) is 0 Å². The predicted molar refractivity (Wildman–Crippen MR) is 122 cm³/mol. The number of nitrogens with one attached hydrogen (secondary N) is 1. The van der Waals surface area contributed by atoms with E-state index in [4.69, 9.17) is 4.42 Å². The van der Waals surface area contributed by atoms with Gasteiger partial charge in [0, 0.05) is 30.9 Å². The highest BCUT2D eigenvalue weighted by molar-refractivity contribution is 5.96. The molecule has 0 aliphatic rings. The van der Waals surface area contributed by atoms with E-state index in [0.29, 0.717) is 33.5 Å². The third-order valence-corrected chi connectivity index (χ3v) is 5.38. The Morgan fingerprint density at radius 1 is 1.00 bits per heavy atom. The molecule has 4 aromatic rings. The van der Waals surface area contributed by atoms with Crippen LogP contribution < -0.4 is 5.32 Å². The molecule has 1 N–H and O–H groups in total. The lowest BCUT2D eigenvalue weighted by Gasteiger charge is -2.13. The van der Waals surface area contributed by atoms with Crippen LogP contribution in [0.2, 0.25) is 0 Å². The van der Waals surface area contributed by atoms with E-state index in [1.165, 1.54) is 17.9 Å². The van der Waals surface area contributed by atoms with Crippen molar-refractivity contribution in [2.24, 2.45) is 0 Å². The highest BCUT2D eigenvalue weighted by Crippen LogP contribution is 2.37. The molecular formula is C25H22F3N3O2. The van der Waals surface area contributed by atoms with Crippen molar-refractivity contribution in [2.45, 2.75) is 20.0 Å². The van der Waals surface area contributed by atoms with E-state index >= 15 is 0 Å². The van der Waals surface area contributed by atoms with Crippen molar-refractivity contribution >= 4 is 28.7 Å². The van der Waals surface area contributed by atoms with E-state index in [9.17, 15) is 18.0 Å². The highest BCUT2D eigenvalue weighted by atomic mass is 19.4. The van der Waals surface area contributed by atoms with Crippen LogP contribution in [0.5, 0.6) is 0 Å². The second-order valence-electron chi connectivity index (χ2n) is 8.05. The molecule has 170 valence electrons. The molecular weight excluding hydrogens is 431 g/mol. The van der Waals surface area contributed by atoms with Gasteiger partial charge in [0.25, 0.3) is 11.9 Å². The third kappa shape index (κ3) is 4.41. The Kier molecular flexibility index (Phi) is 5.61. The summed E-state index contributed by atoms with van der Waals surface area (Å²) in [5, 5.41) is 3.07. The second kappa shape index (κ2) is 8.27. The number of fused-ring (bicyclic) bond motifs is 1. The number of hydrogen-bond donors (Lipinski definition) is 1. The van der Waals surface area contributed by atoms with Crippen LogP contribution >= 0.6 is 0 Å². The van der Waals surface area contributed by atoms with Gasteiger partial charge in [-0.05, 0) is 60.9 Å². The normalized spacial score (nSPS) is 11.6. The van der Waals surface area contributed by atoms with Crippen LogP contribution in [0, 0.1) is 13.8 Å². The second-order valence-corrected chi connectivity index (χ2v) is 8.05. The molecule has 0 unspecified atom stereocenters. The van der Waals surface area contributed by atoms with Crippen LogP contribution in [-0.4, -0.2) is 29.9 Å². The summed E-state index contributed by atoms with van der Waals surface area (Å²) in [5.41, 5.74) is 3.33. The number of oxazole rings is 1. The first kappa shape index (κ1) is 22.4. The number of para-hydroxylation sites is 1. The molecule has 0 atom stereocenters. The number of hydrogen-bond acceptors (Lipinski definition) is 4. The standard InChI is InChI=1S/C25H22F3N3O2/c1-14-8-9-16(13-20(14)25(26,27)28)19-6-5-7-21-22(19)33-24(30-21)29-17-10-11-18(15(2)12-17)23(32)31(3)4/h5-13H,1-4H3,(H,29,30). The first-order chi connectivity index (χ1) is 15.5. The van der Waals surface area contributed by atoms with Crippen molar-refractivity contribution in [1.82, 2.24) is 9.88 Å². The van der Waals surface area contributed by atoms with E-state index in [1.54, 1.807) is 50.5 Å². The van der Waals surface area contributed by atoms with Crippen molar-refractivity contribution in [2.75, 3.05) is 19.4 Å². The molecule has 8 heteroatoms. The highest BCUT2D eigenvalue weighted by Gasteiger charge is 2.32. The minimum absolute atomic E-state index is 0.0955. The van der Waals surface area contributed by atoms with Crippen LogP contribution in [0.25, 0.3) is 22.2 Å². The number of aryl methyl sites for hydroxylation is 2. The average Bonchev–Trinajstić information content (AvgIpc) is 3.15. The summed E-state index contributed by atoms with van der Waals surface area (Å²) < 4.78 is 46.1. The molecule has 0 aliphatic carbocycles. The Balaban J connectivity index is 1.69. The topological polar surface area (TPSA) is 58.4 Å².